The van der Waals surface area contributed by atoms with Crippen LogP contribution in [0.3, 0.4) is 0 Å². The summed E-state index contributed by atoms with van der Waals surface area (Å²) in [5, 5.41) is 13.4. The average molecular weight is 349 g/mol. The van der Waals surface area contributed by atoms with Crippen LogP contribution in [0.1, 0.15) is 34.1 Å². The Balaban J connectivity index is 5.50. The van der Waals surface area contributed by atoms with Crippen molar-refractivity contribution >= 4 is 17.7 Å². The molecule has 9 heteroatoms. The van der Waals surface area contributed by atoms with Crippen LogP contribution in [0.25, 0.3) is 0 Å². The van der Waals surface area contributed by atoms with E-state index in [4.69, 9.17) is 9.94 Å². The lowest BCUT2D eigenvalue weighted by Crippen LogP contribution is -2.58. The predicted molar refractivity (Wildman–Crippen MR) is 84.9 cm³/mol. The maximum Gasteiger partial charge on any atom is 0.273 e. The Morgan fingerprint density at radius 1 is 1.17 bits per heavy atom. The van der Waals surface area contributed by atoms with Gasteiger partial charge in [-0.3, -0.25) is 19.6 Å². The largest absolute Gasteiger partial charge is 0.371 e. The molecule has 0 saturated carbocycles. The highest BCUT2D eigenvalue weighted by Gasteiger charge is 2.40. The third-order valence-electron chi connectivity index (χ3n) is 3.53. The minimum Gasteiger partial charge on any atom is -0.371 e. The van der Waals surface area contributed by atoms with E-state index in [0.717, 1.165) is 0 Å². The summed E-state index contributed by atoms with van der Waals surface area (Å²) in [4.78, 5) is 36.2. The maximum atomic E-state index is 14.3. The van der Waals surface area contributed by atoms with Crippen molar-refractivity contribution in [3.8, 4) is 0 Å². The van der Waals surface area contributed by atoms with Crippen LogP contribution < -0.4 is 16.1 Å². The van der Waals surface area contributed by atoms with Crippen molar-refractivity contribution in [1.29, 1.82) is 0 Å². The van der Waals surface area contributed by atoms with Gasteiger partial charge in [0.05, 0.1) is 5.92 Å². The van der Waals surface area contributed by atoms with Crippen molar-refractivity contribution in [2.75, 3.05) is 14.2 Å². The Kier molecular flexibility index (Phi) is 8.84. The lowest BCUT2D eigenvalue weighted by molar-refractivity contribution is -0.150. The first kappa shape index (κ1) is 22.3. The first-order chi connectivity index (χ1) is 11.0. The molecule has 3 amide bonds. The number of carbonyl (C=O) groups excluding carboxylic acids is 3. The van der Waals surface area contributed by atoms with Gasteiger partial charge in [0, 0.05) is 14.2 Å². The predicted octanol–water partition coefficient (Wildman–Crippen LogP) is 0.148. The number of amides is 3. The summed E-state index contributed by atoms with van der Waals surface area (Å²) in [6.07, 6.45) is -1.03. The second-order valence-electron chi connectivity index (χ2n) is 6.49. The summed E-state index contributed by atoms with van der Waals surface area (Å²) >= 11 is 0. The lowest BCUT2D eigenvalue weighted by atomic mass is 9.89. The van der Waals surface area contributed by atoms with Gasteiger partial charge in [0.15, 0.2) is 0 Å². The van der Waals surface area contributed by atoms with Crippen LogP contribution in [-0.2, 0) is 19.1 Å². The molecule has 0 radical (unpaired) electrons. The molecular formula is C15H28FN3O5. The van der Waals surface area contributed by atoms with Crippen molar-refractivity contribution in [3.05, 3.63) is 0 Å². The molecule has 0 heterocycles. The molecule has 3 atom stereocenters. The third-order valence-corrected chi connectivity index (χ3v) is 3.53. The fourth-order valence-electron chi connectivity index (χ4n) is 2.34. The zero-order valence-corrected chi connectivity index (χ0v) is 15.0. The van der Waals surface area contributed by atoms with Gasteiger partial charge in [-0.15, -0.1) is 0 Å². The second kappa shape index (κ2) is 9.53. The molecule has 0 fully saturated rings. The third kappa shape index (κ3) is 6.40. The van der Waals surface area contributed by atoms with Crippen molar-refractivity contribution in [3.63, 3.8) is 0 Å². The zero-order chi connectivity index (χ0) is 19.1. The maximum absolute atomic E-state index is 14.3. The van der Waals surface area contributed by atoms with E-state index >= 15 is 0 Å². The van der Waals surface area contributed by atoms with E-state index < -0.39 is 41.5 Å². The normalized spacial score (nSPS) is 15.4. The molecule has 0 aliphatic carbocycles. The van der Waals surface area contributed by atoms with Gasteiger partial charge in [0.2, 0.25) is 11.8 Å². The Morgan fingerprint density at radius 3 is 2.04 bits per heavy atom. The number of carbonyl (C=O) groups is 3. The summed E-state index contributed by atoms with van der Waals surface area (Å²) < 4.78 is 19.3. The fraction of sp³-hybridized carbons (Fsp3) is 0.800. The monoisotopic (exact) mass is 349 g/mol. The van der Waals surface area contributed by atoms with Crippen LogP contribution in [0.15, 0.2) is 0 Å². The fourth-order valence-corrected chi connectivity index (χ4v) is 2.34. The van der Waals surface area contributed by atoms with E-state index in [-0.39, 0.29) is 12.3 Å². The van der Waals surface area contributed by atoms with Gasteiger partial charge in [-0.25, -0.2) is 9.87 Å². The number of hydrogen-bond donors (Lipinski definition) is 4. The number of hydroxylamine groups is 1. The van der Waals surface area contributed by atoms with E-state index in [9.17, 15) is 18.8 Å². The molecule has 0 rings (SSSR count). The molecule has 0 aromatic rings. The molecule has 0 saturated heterocycles. The number of halogens is 1. The van der Waals surface area contributed by atoms with Crippen molar-refractivity contribution in [1.82, 2.24) is 16.1 Å². The highest BCUT2D eigenvalue weighted by molar-refractivity contribution is 5.92. The molecule has 8 nitrogen and oxygen atoms in total. The van der Waals surface area contributed by atoms with Crippen LogP contribution in [0.5, 0.6) is 0 Å². The van der Waals surface area contributed by atoms with E-state index in [1.807, 2.05) is 13.8 Å². The average Bonchev–Trinajstić information content (AvgIpc) is 2.49. The number of nitrogens with one attached hydrogen (secondary N) is 3. The number of methoxy groups -OCH3 is 1. The smallest absolute Gasteiger partial charge is 0.273 e. The number of likely N-dealkylation sites (N-methyl/N-ethyl adjacent to an activating group) is 1. The summed E-state index contributed by atoms with van der Waals surface area (Å²) in [6, 6.07) is -1.43. The lowest BCUT2D eigenvalue weighted by Gasteiger charge is -2.30. The second-order valence-corrected chi connectivity index (χ2v) is 6.49. The molecule has 140 valence electrons. The Morgan fingerprint density at radius 2 is 1.71 bits per heavy atom. The SMILES string of the molecule is CNC(=O)C(NC(=O)C(CC(C)C)C(OC)C(=O)NO)C(C)(C)F. The summed E-state index contributed by atoms with van der Waals surface area (Å²) in [7, 11) is 2.55. The number of alkyl halides is 1. The summed E-state index contributed by atoms with van der Waals surface area (Å²) in [6.45, 7) is 6.00. The first-order valence-electron chi connectivity index (χ1n) is 7.67. The molecule has 0 aliphatic rings. The van der Waals surface area contributed by atoms with E-state index in [1.165, 1.54) is 33.5 Å². The number of ether oxygens (including phenoxy) is 1. The Bertz CT molecular complexity index is 451. The molecule has 0 bridgehead atoms. The topological polar surface area (TPSA) is 117 Å². The summed E-state index contributed by atoms with van der Waals surface area (Å²) in [5.41, 5.74) is -0.569. The van der Waals surface area contributed by atoms with Crippen molar-refractivity contribution in [2.45, 2.75) is 51.9 Å². The van der Waals surface area contributed by atoms with E-state index in [2.05, 4.69) is 10.6 Å². The molecular weight excluding hydrogens is 321 g/mol. The molecule has 0 aromatic heterocycles. The minimum absolute atomic E-state index is 0.0155. The van der Waals surface area contributed by atoms with Crippen LogP contribution in [0.2, 0.25) is 0 Å². The van der Waals surface area contributed by atoms with E-state index in [0.29, 0.717) is 0 Å². The van der Waals surface area contributed by atoms with Crippen LogP contribution >= 0.6 is 0 Å². The molecule has 24 heavy (non-hydrogen) atoms. The summed E-state index contributed by atoms with van der Waals surface area (Å²) in [5.74, 6) is -3.29. The van der Waals surface area contributed by atoms with Crippen molar-refractivity contribution < 1.29 is 28.7 Å². The van der Waals surface area contributed by atoms with Gasteiger partial charge in [-0.05, 0) is 26.2 Å². The highest BCUT2D eigenvalue weighted by Crippen LogP contribution is 2.21. The molecule has 4 N–H and O–H groups in total. The highest BCUT2D eigenvalue weighted by atomic mass is 19.1. The number of hydrogen-bond acceptors (Lipinski definition) is 5. The van der Waals surface area contributed by atoms with E-state index in [1.54, 1.807) is 0 Å². The van der Waals surface area contributed by atoms with Crippen LogP contribution in [0.4, 0.5) is 4.39 Å². The van der Waals surface area contributed by atoms with Crippen LogP contribution in [0, 0.1) is 11.8 Å². The number of rotatable bonds is 9. The van der Waals surface area contributed by atoms with Gasteiger partial charge in [0.25, 0.3) is 5.91 Å². The Hall–Kier alpha value is -1.74. The van der Waals surface area contributed by atoms with Crippen molar-refractivity contribution in [2.24, 2.45) is 11.8 Å². The quantitative estimate of drug-likeness (QED) is 0.349. The van der Waals surface area contributed by atoms with Gasteiger partial charge in [-0.1, -0.05) is 13.8 Å². The standard InChI is InChI=1S/C15H28FN3O5/c1-8(2)7-9(10(24-6)13(21)19-23)12(20)18-11(14(22)17-5)15(3,4)16/h8-11,23H,7H2,1-6H3,(H,17,22)(H,18,20)(H,19,21). The molecule has 0 aromatic carbocycles. The molecule has 3 unspecified atom stereocenters. The Labute approximate surface area is 141 Å². The zero-order valence-electron chi connectivity index (χ0n) is 15.0. The molecule has 0 aliphatic heterocycles. The van der Waals surface area contributed by atoms with Gasteiger partial charge in [0.1, 0.15) is 17.8 Å². The van der Waals surface area contributed by atoms with Gasteiger partial charge < -0.3 is 15.4 Å². The van der Waals surface area contributed by atoms with Crippen LogP contribution in [-0.4, -0.2) is 54.9 Å². The van der Waals surface area contributed by atoms with Gasteiger partial charge >= 0.3 is 0 Å². The van der Waals surface area contributed by atoms with Gasteiger partial charge in [-0.2, -0.15) is 0 Å². The first-order valence-corrected chi connectivity index (χ1v) is 7.67. The molecule has 0 spiro atoms. The minimum atomic E-state index is -2.01.